The van der Waals surface area contributed by atoms with Gasteiger partial charge in [-0.3, -0.25) is 4.57 Å². The molecule has 9 heteroatoms. The predicted octanol–water partition coefficient (Wildman–Crippen LogP) is 2.75. The zero-order chi connectivity index (χ0) is 21.9. The Hall–Kier alpha value is -0.470. The van der Waals surface area contributed by atoms with E-state index in [2.05, 4.69) is 6.58 Å². The van der Waals surface area contributed by atoms with Crippen LogP contribution in [0.1, 0.15) is 54.4 Å². The van der Waals surface area contributed by atoms with Crippen LogP contribution in [0.4, 0.5) is 0 Å². The fourth-order valence-corrected chi connectivity index (χ4v) is 5.01. The van der Waals surface area contributed by atoms with Gasteiger partial charge in [-0.2, -0.15) is 0 Å². The number of phosphoric acid groups is 1. The van der Waals surface area contributed by atoms with E-state index in [4.69, 9.17) is 29.0 Å². The summed E-state index contributed by atoms with van der Waals surface area (Å²) in [7, 11) is -4.66. The molecule has 8 atom stereocenters. The highest BCUT2D eigenvalue weighted by Gasteiger charge is 2.43. The van der Waals surface area contributed by atoms with E-state index >= 15 is 0 Å². The average molecular weight is 434 g/mol. The fraction of sp³-hybridized carbons (Fsp3) is 0.900. The summed E-state index contributed by atoms with van der Waals surface area (Å²) in [4.78, 5) is 12.6. The van der Waals surface area contributed by atoms with Crippen LogP contribution < -0.4 is 10.6 Å². The Kier molecular flexibility index (Phi) is 8.74. The maximum absolute atomic E-state index is 12.6. The SMILES string of the molecule is C=C(OP(=O)([O-])O[C@@H]1C[C@H](C)C(N)[C@@H]1COC(C)C)[C@H]1O[C@@H](C)C[C@H]1OC(C)C. The van der Waals surface area contributed by atoms with Gasteiger partial charge in [0.2, 0.25) is 0 Å². The molecule has 1 saturated carbocycles. The van der Waals surface area contributed by atoms with Crippen molar-refractivity contribution in [1.29, 1.82) is 0 Å². The molecular weight excluding hydrogens is 397 g/mol. The van der Waals surface area contributed by atoms with E-state index in [0.717, 1.165) is 0 Å². The highest BCUT2D eigenvalue weighted by atomic mass is 31.2. The topological polar surface area (TPSA) is 112 Å². The zero-order valence-corrected chi connectivity index (χ0v) is 19.3. The van der Waals surface area contributed by atoms with Crippen molar-refractivity contribution < 1.29 is 32.7 Å². The summed E-state index contributed by atoms with van der Waals surface area (Å²) in [6.07, 6.45) is -0.503. The maximum Gasteiger partial charge on any atom is 0.319 e. The highest BCUT2D eigenvalue weighted by Crippen LogP contribution is 2.48. The molecular formula is C20H37NO7P-. The van der Waals surface area contributed by atoms with Gasteiger partial charge in [0.05, 0.1) is 37.1 Å². The van der Waals surface area contributed by atoms with Crippen molar-refractivity contribution in [1.82, 2.24) is 0 Å². The Balaban J connectivity index is 2.00. The molecule has 2 N–H and O–H groups in total. The summed E-state index contributed by atoms with van der Waals surface area (Å²) in [5.74, 6) is -0.137. The fourth-order valence-electron chi connectivity index (χ4n) is 4.00. The van der Waals surface area contributed by atoms with Gasteiger partial charge in [0.25, 0.3) is 0 Å². The summed E-state index contributed by atoms with van der Waals surface area (Å²) >= 11 is 0. The molecule has 8 nitrogen and oxygen atoms in total. The van der Waals surface area contributed by atoms with Crippen LogP contribution >= 0.6 is 7.82 Å². The third-order valence-electron chi connectivity index (χ3n) is 5.39. The van der Waals surface area contributed by atoms with E-state index < -0.39 is 20.0 Å². The molecule has 1 aliphatic carbocycles. The van der Waals surface area contributed by atoms with Gasteiger partial charge >= 0.3 is 7.82 Å². The smallest absolute Gasteiger partial charge is 0.319 e. The van der Waals surface area contributed by atoms with Crippen molar-refractivity contribution in [2.24, 2.45) is 17.6 Å². The monoisotopic (exact) mass is 434 g/mol. The molecule has 0 bridgehead atoms. The van der Waals surface area contributed by atoms with Gasteiger partial charge in [-0.05, 0) is 47.0 Å². The predicted molar refractivity (Wildman–Crippen MR) is 108 cm³/mol. The van der Waals surface area contributed by atoms with Crippen molar-refractivity contribution >= 4 is 7.82 Å². The third kappa shape index (κ3) is 7.03. The Bertz CT molecular complexity index is 599. The van der Waals surface area contributed by atoms with Crippen LogP contribution in [0.15, 0.2) is 12.3 Å². The minimum absolute atomic E-state index is 0.0215. The van der Waals surface area contributed by atoms with Crippen LogP contribution in [0.5, 0.6) is 0 Å². The molecule has 1 saturated heterocycles. The molecule has 0 aromatic heterocycles. The second-order valence-electron chi connectivity index (χ2n) is 8.81. The summed E-state index contributed by atoms with van der Waals surface area (Å²) in [6.45, 7) is 15.6. The molecule has 0 aromatic rings. The highest BCUT2D eigenvalue weighted by molar-refractivity contribution is 7.46. The minimum atomic E-state index is -4.66. The molecule has 2 unspecified atom stereocenters. The summed E-state index contributed by atoms with van der Waals surface area (Å²) in [5, 5.41) is 0. The van der Waals surface area contributed by atoms with Gasteiger partial charge in [-0.15, -0.1) is 0 Å². The number of rotatable bonds is 10. The molecule has 29 heavy (non-hydrogen) atoms. The van der Waals surface area contributed by atoms with Crippen LogP contribution in [0.3, 0.4) is 0 Å². The first-order chi connectivity index (χ1) is 13.4. The normalized spacial score (nSPS) is 37.2. The molecule has 2 rings (SSSR count). The van der Waals surface area contributed by atoms with Crippen molar-refractivity contribution in [3.8, 4) is 0 Å². The average Bonchev–Trinajstić information content (AvgIpc) is 3.04. The molecule has 170 valence electrons. The van der Waals surface area contributed by atoms with Gasteiger partial charge in [0.1, 0.15) is 11.9 Å². The van der Waals surface area contributed by atoms with Crippen LogP contribution in [0.25, 0.3) is 0 Å². The third-order valence-corrected chi connectivity index (χ3v) is 6.38. The summed E-state index contributed by atoms with van der Waals surface area (Å²) in [6, 6.07) is -0.204. The van der Waals surface area contributed by atoms with E-state index in [1.807, 2.05) is 41.5 Å². The van der Waals surface area contributed by atoms with Gasteiger partial charge in [-0.25, -0.2) is 0 Å². The van der Waals surface area contributed by atoms with E-state index in [1.54, 1.807) is 0 Å². The van der Waals surface area contributed by atoms with Gasteiger partial charge in [0.15, 0.2) is 0 Å². The molecule has 1 aliphatic heterocycles. The Labute approximate surface area is 174 Å². The molecule has 2 fully saturated rings. The van der Waals surface area contributed by atoms with Crippen molar-refractivity contribution in [2.45, 2.75) is 97.0 Å². The van der Waals surface area contributed by atoms with Crippen LogP contribution in [0.2, 0.25) is 0 Å². The Morgan fingerprint density at radius 1 is 1.21 bits per heavy atom. The number of phosphoric ester groups is 1. The van der Waals surface area contributed by atoms with E-state index in [-0.39, 0.29) is 48.1 Å². The molecule has 0 aromatic carbocycles. The Morgan fingerprint density at radius 2 is 1.86 bits per heavy atom. The molecule has 0 spiro atoms. The van der Waals surface area contributed by atoms with Crippen molar-refractivity contribution in [2.75, 3.05) is 6.61 Å². The van der Waals surface area contributed by atoms with Crippen LogP contribution in [0, 0.1) is 11.8 Å². The van der Waals surface area contributed by atoms with Crippen molar-refractivity contribution in [3.63, 3.8) is 0 Å². The van der Waals surface area contributed by atoms with Gasteiger partial charge in [0, 0.05) is 18.4 Å². The van der Waals surface area contributed by atoms with Crippen LogP contribution in [-0.4, -0.2) is 49.3 Å². The van der Waals surface area contributed by atoms with E-state index in [9.17, 15) is 9.46 Å². The van der Waals surface area contributed by atoms with Crippen LogP contribution in [-0.2, 0) is 27.8 Å². The number of hydrogen-bond donors (Lipinski definition) is 1. The standard InChI is InChI=1S/C20H38NO7P/c1-11(2)24-10-16-17(8-13(5)19(16)21)28-29(22,23)27-15(7)20-18(25-12(3)4)9-14(6)26-20/h11-14,16-20H,7-10,21H2,1-6H3,(H,22,23)/p-1/t13-,14-,16+,17+,18+,19?,20+/m0/s1. The summed E-state index contributed by atoms with van der Waals surface area (Å²) < 4.78 is 40.5. The lowest BCUT2D eigenvalue weighted by atomic mass is 10.0. The molecule has 1 heterocycles. The van der Waals surface area contributed by atoms with Crippen molar-refractivity contribution in [3.05, 3.63) is 12.3 Å². The molecule has 0 radical (unpaired) electrons. The molecule has 0 amide bonds. The van der Waals surface area contributed by atoms with E-state index in [1.165, 1.54) is 0 Å². The maximum atomic E-state index is 12.6. The quantitative estimate of drug-likeness (QED) is 0.413. The first kappa shape index (κ1) is 24.8. The van der Waals surface area contributed by atoms with Gasteiger partial charge < -0.3 is 33.9 Å². The summed E-state index contributed by atoms with van der Waals surface area (Å²) in [5.41, 5.74) is 6.25. The minimum Gasteiger partial charge on any atom is -0.746 e. The lowest BCUT2D eigenvalue weighted by Crippen LogP contribution is -2.37. The Morgan fingerprint density at radius 3 is 2.45 bits per heavy atom. The van der Waals surface area contributed by atoms with Gasteiger partial charge in [-0.1, -0.05) is 13.5 Å². The second kappa shape index (κ2) is 10.2. The lowest BCUT2D eigenvalue weighted by Gasteiger charge is -2.32. The number of nitrogens with two attached hydrogens (primary N) is 1. The molecule has 2 aliphatic rings. The number of hydrogen-bond acceptors (Lipinski definition) is 8. The zero-order valence-electron chi connectivity index (χ0n) is 18.4. The first-order valence-electron chi connectivity index (χ1n) is 10.5. The number of ether oxygens (including phenoxy) is 3. The lowest BCUT2D eigenvalue weighted by molar-refractivity contribution is -0.229. The second-order valence-corrected chi connectivity index (χ2v) is 10.1. The van der Waals surface area contributed by atoms with E-state index in [0.29, 0.717) is 19.4 Å². The largest absolute Gasteiger partial charge is 0.746 e. The first-order valence-corrected chi connectivity index (χ1v) is 11.9.